The highest BCUT2D eigenvalue weighted by molar-refractivity contribution is 5.66. The average Bonchev–Trinajstić information content (AvgIpc) is 3.04. The normalized spacial score (nSPS) is 25.5. The van der Waals surface area contributed by atoms with Crippen LogP contribution < -0.4 is 0 Å². The van der Waals surface area contributed by atoms with Crippen LogP contribution >= 0.6 is 0 Å². The molecule has 6 nitrogen and oxygen atoms in total. The van der Waals surface area contributed by atoms with Crippen molar-refractivity contribution in [2.24, 2.45) is 0 Å². The lowest BCUT2D eigenvalue weighted by molar-refractivity contribution is -0.137. The molecular formula is C22H34O6. The Morgan fingerprint density at radius 3 is 2.39 bits per heavy atom. The molecule has 0 aromatic rings. The fraction of sp³-hybridized carbons (Fsp3) is 0.591. The van der Waals surface area contributed by atoms with E-state index in [2.05, 4.69) is 31.2 Å². The first-order valence-electron chi connectivity index (χ1n) is 9.98. The lowest BCUT2D eigenvalue weighted by Gasteiger charge is -2.16. The van der Waals surface area contributed by atoms with Gasteiger partial charge in [-0.15, -0.1) is 0 Å². The first kappa shape index (κ1) is 24.3. The number of allylic oxidation sites excluding steroid dienone is 5. The van der Waals surface area contributed by atoms with Gasteiger partial charge in [-0.2, -0.15) is 0 Å². The molecule has 5 atom stereocenters. The Labute approximate surface area is 167 Å². The monoisotopic (exact) mass is 394 g/mol. The van der Waals surface area contributed by atoms with Gasteiger partial charge in [-0.1, -0.05) is 55.5 Å². The minimum absolute atomic E-state index is 0.106. The summed E-state index contributed by atoms with van der Waals surface area (Å²) in [6.45, 7) is 2.10. The predicted octanol–water partition coefficient (Wildman–Crippen LogP) is 2.90. The minimum Gasteiger partial charge on any atom is -0.481 e. The van der Waals surface area contributed by atoms with Crippen LogP contribution in [0.25, 0.3) is 0 Å². The SMILES string of the molecule is CC/C=C\C/C=C\C/C=C\C[C@@H](O)[C@H]1C[C@@H](O)[C@@H](/C=C/[C@H](O)CCC(=O)O)O1. The average molecular weight is 395 g/mol. The third-order valence-electron chi connectivity index (χ3n) is 4.45. The van der Waals surface area contributed by atoms with Crippen LogP contribution in [-0.4, -0.2) is 56.9 Å². The molecule has 0 aromatic carbocycles. The van der Waals surface area contributed by atoms with Crippen molar-refractivity contribution in [1.82, 2.24) is 0 Å². The molecule has 0 amide bonds. The van der Waals surface area contributed by atoms with Crippen molar-refractivity contribution in [3.63, 3.8) is 0 Å². The van der Waals surface area contributed by atoms with Crippen molar-refractivity contribution < 1.29 is 30.0 Å². The fourth-order valence-corrected chi connectivity index (χ4v) is 2.84. The lowest BCUT2D eigenvalue weighted by Crippen LogP contribution is -2.25. The quantitative estimate of drug-likeness (QED) is 0.358. The van der Waals surface area contributed by atoms with Crippen molar-refractivity contribution in [1.29, 1.82) is 0 Å². The summed E-state index contributed by atoms with van der Waals surface area (Å²) in [5.74, 6) is -0.968. The molecule has 1 saturated heterocycles. The molecule has 4 N–H and O–H groups in total. The van der Waals surface area contributed by atoms with Crippen LogP contribution in [0.3, 0.4) is 0 Å². The molecule has 6 heteroatoms. The number of aliphatic carboxylic acids is 1. The van der Waals surface area contributed by atoms with Crippen LogP contribution in [0.15, 0.2) is 48.6 Å². The summed E-state index contributed by atoms with van der Waals surface area (Å²) in [5.41, 5.74) is 0. The summed E-state index contributed by atoms with van der Waals surface area (Å²) < 4.78 is 5.67. The fourth-order valence-electron chi connectivity index (χ4n) is 2.84. The van der Waals surface area contributed by atoms with Crippen LogP contribution in [0.4, 0.5) is 0 Å². The first-order valence-corrected chi connectivity index (χ1v) is 9.98. The molecule has 1 rings (SSSR count). The molecule has 1 aliphatic rings. The van der Waals surface area contributed by atoms with E-state index < -0.39 is 36.5 Å². The van der Waals surface area contributed by atoms with E-state index in [4.69, 9.17) is 9.84 Å². The summed E-state index contributed by atoms with van der Waals surface area (Å²) in [6, 6.07) is 0. The van der Waals surface area contributed by atoms with E-state index >= 15 is 0 Å². The maximum atomic E-state index is 10.5. The van der Waals surface area contributed by atoms with Gasteiger partial charge in [0.1, 0.15) is 6.10 Å². The van der Waals surface area contributed by atoms with E-state index in [1.807, 2.05) is 12.2 Å². The number of carboxylic acid groups (broad SMARTS) is 1. The second-order valence-corrected chi connectivity index (χ2v) is 6.92. The first-order chi connectivity index (χ1) is 13.4. The third-order valence-corrected chi connectivity index (χ3v) is 4.45. The summed E-state index contributed by atoms with van der Waals surface area (Å²) >= 11 is 0. The number of hydrogen-bond acceptors (Lipinski definition) is 5. The van der Waals surface area contributed by atoms with Crippen molar-refractivity contribution in [2.75, 3.05) is 0 Å². The number of carbonyl (C=O) groups is 1. The van der Waals surface area contributed by atoms with E-state index in [-0.39, 0.29) is 12.8 Å². The summed E-state index contributed by atoms with van der Waals surface area (Å²) in [4.78, 5) is 10.5. The number of rotatable bonds is 13. The predicted molar refractivity (Wildman–Crippen MR) is 109 cm³/mol. The summed E-state index contributed by atoms with van der Waals surface area (Å²) in [7, 11) is 0. The third kappa shape index (κ3) is 10.6. The zero-order valence-corrected chi connectivity index (χ0v) is 16.6. The van der Waals surface area contributed by atoms with Crippen LogP contribution in [0.5, 0.6) is 0 Å². The zero-order valence-electron chi connectivity index (χ0n) is 16.6. The molecule has 1 heterocycles. The van der Waals surface area contributed by atoms with E-state index in [1.165, 1.54) is 12.2 Å². The Morgan fingerprint density at radius 2 is 1.75 bits per heavy atom. The van der Waals surface area contributed by atoms with Gasteiger partial charge >= 0.3 is 5.97 Å². The highest BCUT2D eigenvalue weighted by atomic mass is 16.5. The van der Waals surface area contributed by atoms with Crippen molar-refractivity contribution >= 4 is 5.97 Å². The molecule has 0 aliphatic carbocycles. The van der Waals surface area contributed by atoms with Gasteiger partial charge in [-0.3, -0.25) is 4.79 Å². The maximum absolute atomic E-state index is 10.5. The van der Waals surface area contributed by atoms with Gasteiger partial charge in [0, 0.05) is 12.8 Å². The van der Waals surface area contributed by atoms with Gasteiger partial charge in [-0.25, -0.2) is 0 Å². The van der Waals surface area contributed by atoms with Gasteiger partial charge in [0.25, 0.3) is 0 Å². The van der Waals surface area contributed by atoms with Crippen LogP contribution in [0.1, 0.15) is 51.9 Å². The van der Waals surface area contributed by atoms with Crippen LogP contribution in [0, 0.1) is 0 Å². The Morgan fingerprint density at radius 1 is 1.11 bits per heavy atom. The number of aliphatic hydroxyl groups is 3. The molecule has 0 unspecified atom stereocenters. The Bertz CT molecular complexity index is 551. The van der Waals surface area contributed by atoms with Gasteiger partial charge in [0.05, 0.1) is 24.4 Å². The van der Waals surface area contributed by atoms with E-state index in [1.54, 1.807) is 0 Å². The second kappa shape index (κ2) is 14.3. The molecule has 0 radical (unpaired) electrons. The lowest BCUT2D eigenvalue weighted by atomic mass is 10.0. The highest BCUT2D eigenvalue weighted by Crippen LogP contribution is 2.25. The minimum atomic E-state index is -0.968. The van der Waals surface area contributed by atoms with E-state index in [0.717, 1.165) is 19.3 Å². The number of carboxylic acids is 1. The van der Waals surface area contributed by atoms with Gasteiger partial charge in [0.15, 0.2) is 0 Å². The zero-order chi connectivity index (χ0) is 20.8. The Hall–Kier alpha value is -1.73. The summed E-state index contributed by atoms with van der Waals surface area (Å²) in [6.07, 6.45) is 15.4. The van der Waals surface area contributed by atoms with Crippen LogP contribution in [0.2, 0.25) is 0 Å². The van der Waals surface area contributed by atoms with Gasteiger partial charge in [0.2, 0.25) is 0 Å². The van der Waals surface area contributed by atoms with Crippen molar-refractivity contribution in [2.45, 2.75) is 82.4 Å². The number of ether oxygens (including phenoxy) is 1. The maximum Gasteiger partial charge on any atom is 0.303 e. The van der Waals surface area contributed by atoms with Crippen molar-refractivity contribution in [3.8, 4) is 0 Å². The van der Waals surface area contributed by atoms with Gasteiger partial charge < -0.3 is 25.2 Å². The molecule has 0 bridgehead atoms. The molecule has 28 heavy (non-hydrogen) atoms. The second-order valence-electron chi connectivity index (χ2n) is 6.92. The smallest absolute Gasteiger partial charge is 0.303 e. The number of aliphatic hydroxyl groups excluding tert-OH is 3. The molecular weight excluding hydrogens is 360 g/mol. The molecule has 1 fully saturated rings. The standard InChI is InChI=1S/C22H34O6/c1-2-3-4-5-6-7-8-9-10-11-18(24)21-16-19(25)20(28-21)14-12-17(23)13-15-22(26)27/h3-4,6-7,9-10,12,14,17-21,23-25H,2,5,8,11,13,15-16H2,1H3,(H,26,27)/b4-3-,7-6-,10-9-,14-12+/t17-,18+,19+,20+,21+/m0/s1. The highest BCUT2D eigenvalue weighted by Gasteiger charge is 2.35. The molecule has 0 aromatic heterocycles. The van der Waals surface area contributed by atoms with Gasteiger partial charge in [-0.05, 0) is 32.1 Å². The Kier molecular flexibility index (Phi) is 12.4. The topological polar surface area (TPSA) is 107 Å². The Balaban J connectivity index is 2.31. The molecule has 0 spiro atoms. The van der Waals surface area contributed by atoms with Crippen molar-refractivity contribution in [3.05, 3.63) is 48.6 Å². The molecule has 0 saturated carbocycles. The van der Waals surface area contributed by atoms with Crippen LogP contribution in [-0.2, 0) is 9.53 Å². The largest absolute Gasteiger partial charge is 0.481 e. The number of hydrogen-bond donors (Lipinski definition) is 4. The van der Waals surface area contributed by atoms with E-state index in [0.29, 0.717) is 12.8 Å². The summed E-state index contributed by atoms with van der Waals surface area (Å²) in [5, 5.41) is 38.6. The molecule has 1 aliphatic heterocycles. The molecule has 158 valence electrons. The van der Waals surface area contributed by atoms with E-state index in [9.17, 15) is 20.1 Å².